The molecule has 0 bridgehead atoms. The third kappa shape index (κ3) is 4.26. The van der Waals surface area contributed by atoms with Crippen molar-refractivity contribution >= 4 is 39.4 Å². The Morgan fingerprint density at radius 2 is 2.25 bits per heavy atom. The van der Waals surface area contributed by atoms with Gasteiger partial charge in [0.25, 0.3) is 0 Å². The molecule has 2 aliphatic rings. The molecule has 3 heterocycles. The van der Waals surface area contributed by atoms with Crippen molar-refractivity contribution in [1.82, 2.24) is 19.1 Å². The molecule has 2 aliphatic heterocycles. The Hall–Kier alpha value is -2.23. The van der Waals surface area contributed by atoms with E-state index in [-0.39, 0.29) is 48.4 Å². The van der Waals surface area contributed by atoms with E-state index in [9.17, 15) is 13.2 Å². The molecule has 3 rings (SSSR count). The molecule has 0 unspecified atom stereocenters. The molecule has 0 aromatic carbocycles. The largest absolute Gasteiger partial charge is 0.353 e. The average Bonchev–Trinajstić information content (AvgIpc) is 2.76. The van der Waals surface area contributed by atoms with Crippen LogP contribution in [0, 0.1) is 0 Å². The van der Waals surface area contributed by atoms with Crippen molar-refractivity contribution in [3.05, 3.63) is 47.3 Å². The summed E-state index contributed by atoms with van der Waals surface area (Å²) in [6, 6.07) is 1.68. The Labute approximate surface area is 178 Å². The Morgan fingerprint density at radius 3 is 2.96 bits per heavy atom. The Bertz CT molecular complexity index is 1150. The van der Waals surface area contributed by atoms with Gasteiger partial charge in [0.05, 0.1) is 23.6 Å². The van der Waals surface area contributed by atoms with Gasteiger partial charge in [-0.2, -0.15) is 4.31 Å². The first-order valence-corrected chi connectivity index (χ1v) is 10.1. The lowest BCUT2D eigenvalue weighted by Gasteiger charge is -2.40. The molecule has 0 saturated carbocycles. The fourth-order valence-electron chi connectivity index (χ4n) is 3.14. The van der Waals surface area contributed by atoms with E-state index in [1.54, 1.807) is 0 Å². The maximum absolute atomic E-state index is 12.9. The van der Waals surface area contributed by atoms with Gasteiger partial charge in [0.1, 0.15) is 11.8 Å². The first-order valence-electron chi connectivity index (χ1n) is 11.2. The SMILES string of the molecule is [2H]C([2H])([2H])N1CN=CC=C1c1cc([C@H]2CN(C(=O)C=C)CCN2S(=O)(=O)C([2H])([2H])[2H])cc(Cl)n1. The lowest BCUT2D eigenvalue weighted by Crippen LogP contribution is -2.51. The molecule has 0 spiro atoms. The first-order chi connectivity index (χ1) is 15.7. The van der Waals surface area contributed by atoms with Crippen molar-refractivity contribution in [1.29, 1.82) is 0 Å². The first kappa shape index (κ1) is 13.9. The Morgan fingerprint density at radius 1 is 1.43 bits per heavy atom. The number of hydrogen-bond acceptors (Lipinski definition) is 6. The van der Waals surface area contributed by atoms with E-state index < -0.39 is 35.1 Å². The van der Waals surface area contributed by atoms with Gasteiger partial charge in [-0.05, 0) is 29.8 Å². The second-order valence-corrected chi connectivity index (χ2v) is 7.99. The average molecular weight is 430 g/mol. The van der Waals surface area contributed by atoms with Crippen LogP contribution in [0.1, 0.15) is 25.5 Å². The van der Waals surface area contributed by atoms with Crippen LogP contribution < -0.4 is 0 Å². The second-order valence-electron chi connectivity index (χ2n) is 6.18. The van der Waals surface area contributed by atoms with E-state index in [2.05, 4.69) is 16.6 Å². The van der Waals surface area contributed by atoms with Crippen LogP contribution >= 0.6 is 11.6 Å². The molecule has 1 aromatic rings. The number of carbonyl (C=O) groups excluding carboxylic acids is 1. The molecular weight excluding hydrogens is 402 g/mol. The highest BCUT2D eigenvalue weighted by molar-refractivity contribution is 7.88. The van der Waals surface area contributed by atoms with Crippen LogP contribution in [0.2, 0.25) is 5.15 Å². The number of aliphatic imine (C=N–C) groups is 1. The smallest absolute Gasteiger partial charge is 0.246 e. The van der Waals surface area contributed by atoms with Crippen LogP contribution in [-0.2, 0) is 14.8 Å². The zero-order valence-corrected chi connectivity index (χ0v) is 16.3. The van der Waals surface area contributed by atoms with Crippen molar-refractivity contribution in [2.45, 2.75) is 6.04 Å². The molecular formula is C18H22ClN5O3S. The molecule has 0 N–H and O–H groups in total. The topological polar surface area (TPSA) is 86.2 Å². The molecule has 8 nitrogen and oxygen atoms in total. The van der Waals surface area contributed by atoms with Crippen LogP contribution in [0.4, 0.5) is 0 Å². The minimum atomic E-state index is -4.77. The third-order valence-corrected chi connectivity index (χ3v) is 5.69. The zero-order chi connectivity index (χ0) is 25.5. The molecule has 1 saturated heterocycles. The van der Waals surface area contributed by atoms with Gasteiger partial charge in [0, 0.05) is 41.0 Å². The molecule has 1 fully saturated rings. The predicted octanol–water partition coefficient (Wildman–Crippen LogP) is 1.38. The highest BCUT2D eigenvalue weighted by atomic mass is 35.5. The summed E-state index contributed by atoms with van der Waals surface area (Å²) in [7, 11) is -4.77. The van der Waals surface area contributed by atoms with E-state index in [0.717, 1.165) is 15.3 Å². The second kappa shape index (κ2) is 8.02. The fourth-order valence-corrected chi connectivity index (χ4v) is 4.20. The Balaban J connectivity index is 2.13. The number of nitrogens with zero attached hydrogens (tertiary/aromatic N) is 5. The zero-order valence-electron chi connectivity index (χ0n) is 20.7. The quantitative estimate of drug-likeness (QED) is 0.533. The van der Waals surface area contributed by atoms with Gasteiger partial charge in [-0.15, -0.1) is 0 Å². The molecule has 1 atom stereocenters. The molecule has 10 heteroatoms. The van der Waals surface area contributed by atoms with Crippen LogP contribution in [-0.4, -0.2) is 79.1 Å². The summed E-state index contributed by atoms with van der Waals surface area (Å²) in [5, 5.41) is -0.0696. The molecule has 0 radical (unpaired) electrons. The number of pyridine rings is 1. The number of sulfonamides is 1. The standard InChI is InChI=1S/C18H22ClN5O3S/c1-4-18(25)23-7-8-24(28(3,26)27)16(11-23)13-9-14(21-17(19)10-13)15-5-6-20-12-22(15)2/h4-6,9-10,16H,1,7-8,11-12H2,2-3H3/t16-/m1/s1/i2D3,3D3. The lowest BCUT2D eigenvalue weighted by molar-refractivity contribution is -0.128. The third-order valence-electron chi connectivity index (χ3n) is 4.44. The minimum Gasteiger partial charge on any atom is -0.353 e. The van der Waals surface area contributed by atoms with E-state index in [1.165, 1.54) is 29.3 Å². The molecule has 1 amide bonds. The van der Waals surface area contributed by atoms with E-state index >= 15 is 0 Å². The number of rotatable bonds is 4. The van der Waals surface area contributed by atoms with Gasteiger partial charge >= 0.3 is 0 Å². The predicted molar refractivity (Wildman–Crippen MR) is 109 cm³/mol. The van der Waals surface area contributed by atoms with E-state index in [4.69, 9.17) is 19.8 Å². The summed E-state index contributed by atoms with van der Waals surface area (Å²) in [4.78, 5) is 22.7. The highest BCUT2D eigenvalue weighted by Crippen LogP contribution is 2.31. The highest BCUT2D eigenvalue weighted by Gasteiger charge is 2.35. The van der Waals surface area contributed by atoms with Crippen molar-refractivity contribution in [3.63, 3.8) is 0 Å². The Kier molecular flexibility index (Phi) is 3.97. The van der Waals surface area contributed by atoms with Crippen molar-refractivity contribution in [2.75, 3.05) is 39.5 Å². The number of piperazine rings is 1. The number of hydrogen-bond donors (Lipinski definition) is 0. The lowest BCUT2D eigenvalue weighted by atomic mass is 10.0. The van der Waals surface area contributed by atoms with Crippen molar-refractivity contribution < 1.29 is 21.4 Å². The summed E-state index contributed by atoms with van der Waals surface area (Å²) >= 11 is 6.22. The summed E-state index contributed by atoms with van der Waals surface area (Å²) in [5.74, 6) is -0.448. The molecule has 1 aromatic heterocycles. The molecule has 150 valence electrons. The van der Waals surface area contributed by atoms with Crippen molar-refractivity contribution in [3.8, 4) is 0 Å². The molecule has 0 aliphatic carbocycles. The summed E-state index contributed by atoms with van der Waals surface area (Å²) in [6.45, 7) is 0.282. The normalized spacial score (nSPS) is 24.9. The minimum absolute atomic E-state index is 0.0310. The van der Waals surface area contributed by atoms with Gasteiger partial charge in [-0.1, -0.05) is 18.2 Å². The van der Waals surface area contributed by atoms with Gasteiger partial charge in [-0.3, -0.25) is 9.79 Å². The van der Waals surface area contributed by atoms with Gasteiger partial charge < -0.3 is 9.80 Å². The number of carbonyl (C=O) groups is 1. The van der Waals surface area contributed by atoms with Crippen LogP contribution in [0.5, 0.6) is 0 Å². The number of halogens is 1. The van der Waals surface area contributed by atoms with Crippen LogP contribution in [0.3, 0.4) is 0 Å². The number of allylic oxidation sites excluding steroid dienone is 1. The van der Waals surface area contributed by atoms with Gasteiger partial charge in [0.15, 0.2) is 0 Å². The summed E-state index contributed by atoms with van der Waals surface area (Å²) < 4.78 is 72.4. The number of amides is 1. The van der Waals surface area contributed by atoms with Crippen LogP contribution in [0.15, 0.2) is 35.9 Å². The van der Waals surface area contributed by atoms with E-state index in [1.807, 2.05) is 0 Å². The van der Waals surface area contributed by atoms with Gasteiger partial charge in [0.2, 0.25) is 15.9 Å². The maximum atomic E-state index is 12.9. The maximum Gasteiger partial charge on any atom is 0.246 e. The van der Waals surface area contributed by atoms with Crippen LogP contribution in [0.25, 0.3) is 5.70 Å². The summed E-state index contributed by atoms with van der Waals surface area (Å²) in [6.07, 6.45) is 0.603. The number of aromatic nitrogens is 1. The fraction of sp³-hybridized carbons (Fsp3) is 0.389. The van der Waals surface area contributed by atoms with Crippen molar-refractivity contribution in [2.24, 2.45) is 4.99 Å². The summed E-state index contributed by atoms with van der Waals surface area (Å²) in [5.41, 5.74) is 0.556. The monoisotopic (exact) mass is 429 g/mol. The van der Waals surface area contributed by atoms with Gasteiger partial charge in [-0.25, -0.2) is 13.4 Å². The molecule has 28 heavy (non-hydrogen) atoms. The van der Waals surface area contributed by atoms with E-state index in [0.29, 0.717) is 0 Å².